The second-order valence-electron chi connectivity index (χ2n) is 6.50. The van der Waals surface area contributed by atoms with Crippen LogP contribution in [0.5, 0.6) is 0 Å². The molecule has 0 aromatic heterocycles. The zero-order chi connectivity index (χ0) is 19.2. The maximum absolute atomic E-state index is 12.5. The molecule has 1 heterocycles. The first-order valence-corrected chi connectivity index (χ1v) is 8.86. The predicted octanol–water partition coefficient (Wildman–Crippen LogP) is 2.94. The van der Waals surface area contributed by atoms with Gasteiger partial charge >= 0.3 is 6.03 Å². The number of primary amides is 1. The van der Waals surface area contributed by atoms with Crippen molar-refractivity contribution in [2.45, 2.75) is 25.8 Å². The van der Waals surface area contributed by atoms with Gasteiger partial charge in [-0.25, -0.2) is 4.79 Å². The SMILES string of the molecule is NC(=O)Nc1cccc(C(=O)Nc2cccc(CN3CCCCC3=O)c2)c1. The fraction of sp³-hybridized carbons (Fsp3) is 0.250. The van der Waals surface area contributed by atoms with Crippen LogP contribution in [0.2, 0.25) is 0 Å². The molecule has 0 saturated carbocycles. The number of rotatable bonds is 5. The molecule has 140 valence electrons. The van der Waals surface area contributed by atoms with Crippen LogP contribution < -0.4 is 16.4 Å². The number of anilines is 2. The van der Waals surface area contributed by atoms with Gasteiger partial charge in [-0.3, -0.25) is 9.59 Å². The number of likely N-dealkylation sites (tertiary alicyclic amines) is 1. The van der Waals surface area contributed by atoms with Crippen molar-refractivity contribution in [1.82, 2.24) is 4.90 Å². The second kappa shape index (κ2) is 8.35. The smallest absolute Gasteiger partial charge is 0.316 e. The van der Waals surface area contributed by atoms with Gasteiger partial charge in [0.05, 0.1) is 0 Å². The lowest BCUT2D eigenvalue weighted by Gasteiger charge is -2.26. The fourth-order valence-corrected chi connectivity index (χ4v) is 3.08. The van der Waals surface area contributed by atoms with Crippen molar-refractivity contribution in [3.63, 3.8) is 0 Å². The van der Waals surface area contributed by atoms with Crippen molar-refractivity contribution in [1.29, 1.82) is 0 Å². The Kier molecular flexibility index (Phi) is 5.71. The molecule has 1 aliphatic rings. The van der Waals surface area contributed by atoms with Crippen molar-refractivity contribution in [3.8, 4) is 0 Å². The molecule has 4 amide bonds. The lowest BCUT2D eigenvalue weighted by atomic mass is 10.1. The zero-order valence-corrected chi connectivity index (χ0v) is 14.9. The molecule has 0 spiro atoms. The first kappa shape index (κ1) is 18.4. The monoisotopic (exact) mass is 366 g/mol. The quantitative estimate of drug-likeness (QED) is 0.758. The van der Waals surface area contributed by atoms with E-state index in [1.807, 2.05) is 23.1 Å². The number of hydrogen-bond acceptors (Lipinski definition) is 3. The Morgan fingerprint density at radius 3 is 2.48 bits per heavy atom. The summed E-state index contributed by atoms with van der Waals surface area (Å²) in [5.41, 5.74) is 7.56. The van der Waals surface area contributed by atoms with Crippen LogP contribution >= 0.6 is 0 Å². The average molecular weight is 366 g/mol. The minimum atomic E-state index is -0.687. The molecular weight excluding hydrogens is 344 g/mol. The summed E-state index contributed by atoms with van der Waals surface area (Å²) < 4.78 is 0. The van der Waals surface area contributed by atoms with Gasteiger partial charge in [0.2, 0.25) is 5.91 Å². The highest BCUT2D eigenvalue weighted by Crippen LogP contribution is 2.18. The summed E-state index contributed by atoms with van der Waals surface area (Å²) >= 11 is 0. The van der Waals surface area contributed by atoms with Gasteiger partial charge in [-0.05, 0) is 48.7 Å². The largest absolute Gasteiger partial charge is 0.351 e. The molecule has 2 aromatic carbocycles. The Morgan fingerprint density at radius 2 is 1.74 bits per heavy atom. The molecule has 0 aliphatic carbocycles. The first-order chi connectivity index (χ1) is 13.0. The van der Waals surface area contributed by atoms with E-state index in [0.29, 0.717) is 29.9 Å². The molecule has 27 heavy (non-hydrogen) atoms. The highest BCUT2D eigenvalue weighted by molar-refractivity contribution is 6.05. The minimum absolute atomic E-state index is 0.175. The topological polar surface area (TPSA) is 105 Å². The highest BCUT2D eigenvalue weighted by atomic mass is 16.2. The molecule has 1 saturated heterocycles. The van der Waals surface area contributed by atoms with Crippen LogP contribution in [0.1, 0.15) is 35.2 Å². The number of benzene rings is 2. The summed E-state index contributed by atoms with van der Waals surface area (Å²) in [5.74, 6) is -0.122. The molecule has 0 atom stereocenters. The summed E-state index contributed by atoms with van der Waals surface area (Å²) in [6, 6.07) is 13.3. The van der Waals surface area contributed by atoms with E-state index in [1.54, 1.807) is 30.3 Å². The number of hydrogen-bond donors (Lipinski definition) is 3. The lowest BCUT2D eigenvalue weighted by Crippen LogP contribution is -2.34. The van der Waals surface area contributed by atoms with Gasteiger partial charge in [0.1, 0.15) is 0 Å². The van der Waals surface area contributed by atoms with E-state index in [2.05, 4.69) is 10.6 Å². The average Bonchev–Trinajstić information content (AvgIpc) is 2.64. The normalized spacial score (nSPS) is 13.9. The molecule has 3 rings (SSSR count). The maximum atomic E-state index is 12.5. The van der Waals surface area contributed by atoms with Crippen LogP contribution in [0, 0.1) is 0 Å². The maximum Gasteiger partial charge on any atom is 0.316 e. The Morgan fingerprint density at radius 1 is 1.00 bits per heavy atom. The number of urea groups is 1. The van der Waals surface area contributed by atoms with Crippen molar-refractivity contribution < 1.29 is 14.4 Å². The summed E-state index contributed by atoms with van der Waals surface area (Å²) in [4.78, 5) is 37.3. The molecule has 1 aliphatic heterocycles. The third-order valence-electron chi connectivity index (χ3n) is 4.37. The van der Waals surface area contributed by atoms with Gasteiger partial charge in [0.15, 0.2) is 0 Å². The van der Waals surface area contributed by atoms with E-state index in [1.165, 1.54) is 0 Å². The molecule has 2 aromatic rings. The zero-order valence-electron chi connectivity index (χ0n) is 14.9. The molecule has 7 nitrogen and oxygen atoms in total. The van der Waals surface area contributed by atoms with Crippen molar-refractivity contribution in [3.05, 3.63) is 59.7 Å². The molecule has 0 radical (unpaired) electrons. The second-order valence-corrected chi connectivity index (χ2v) is 6.50. The molecule has 1 fully saturated rings. The molecule has 0 bridgehead atoms. The van der Waals surface area contributed by atoms with E-state index in [9.17, 15) is 14.4 Å². The fourth-order valence-electron chi connectivity index (χ4n) is 3.08. The molecule has 4 N–H and O–H groups in total. The summed E-state index contributed by atoms with van der Waals surface area (Å²) in [5, 5.41) is 5.29. The lowest BCUT2D eigenvalue weighted by molar-refractivity contribution is -0.133. The number of nitrogens with zero attached hydrogens (tertiary/aromatic N) is 1. The van der Waals surface area contributed by atoms with Crippen LogP contribution in [-0.2, 0) is 11.3 Å². The van der Waals surface area contributed by atoms with E-state index >= 15 is 0 Å². The van der Waals surface area contributed by atoms with Gasteiger partial charge in [0.25, 0.3) is 5.91 Å². The minimum Gasteiger partial charge on any atom is -0.351 e. The van der Waals surface area contributed by atoms with Crippen LogP contribution in [0.15, 0.2) is 48.5 Å². The van der Waals surface area contributed by atoms with Crippen LogP contribution in [-0.4, -0.2) is 29.3 Å². The standard InChI is InChI=1S/C20H22N4O3/c21-20(27)23-17-8-4-6-15(12-17)19(26)22-16-7-3-5-14(11-16)13-24-10-2-1-9-18(24)25/h3-8,11-12H,1-2,9-10,13H2,(H,22,26)(H3,21,23,27). The van der Waals surface area contributed by atoms with E-state index in [-0.39, 0.29) is 11.8 Å². The molecule has 0 unspecified atom stereocenters. The number of piperidine rings is 1. The molecular formula is C20H22N4O3. The predicted molar refractivity (Wildman–Crippen MR) is 103 cm³/mol. The van der Waals surface area contributed by atoms with Gasteiger partial charge in [0, 0.05) is 36.4 Å². The van der Waals surface area contributed by atoms with Gasteiger partial charge in [-0.2, -0.15) is 0 Å². The third-order valence-corrected chi connectivity index (χ3v) is 4.37. The Hall–Kier alpha value is -3.35. The number of carbonyl (C=O) groups is 3. The first-order valence-electron chi connectivity index (χ1n) is 8.86. The van der Waals surface area contributed by atoms with Gasteiger partial charge in [-0.15, -0.1) is 0 Å². The van der Waals surface area contributed by atoms with Gasteiger partial charge in [-0.1, -0.05) is 18.2 Å². The van der Waals surface area contributed by atoms with E-state index in [4.69, 9.17) is 5.73 Å². The van der Waals surface area contributed by atoms with Crippen molar-refractivity contribution in [2.75, 3.05) is 17.2 Å². The summed E-state index contributed by atoms with van der Waals surface area (Å²) in [6.07, 6.45) is 2.58. The van der Waals surface area contributed by atoms with Crippen LogP contribution in [0.4, 0.5) is 16.2 Å². The van der Waals surface area contributed by atoms with Crippen LogP contribution in [0.25, 0.3) is 0 Å². The Bertz CT molecular complexity index is 866. The number of nitrogens with one attached hydrogen (secondary N) is 2. The Balaban J connectivity index is 1.67. The van der Waals surface area contributed by atoms with E-state index in [0.717, 1.165) is 24.9 Å². The summed E-state index contributed by atoms with van der Waals surface area (Å²) in [6.45, 7) is 1.32. The third kappa shape index (κ3) is 5.07. The highest BCUT2D eigenvalue weighted by Gasteiger charge is 2.18. The molecule has 7 heteroatoms. The number of carbonyl (C=O) groups excluding carboxylic acids is 3. The van der Waals surface area contributed by atoms with Gasteiger partial charge < -0.3 is 21.3 Å². The Labute approximate surface area is 157 Å². The van der Waals surface area contributed by atoms with E-state index < -0.39 is 6.03 Å². The van der Waals surface area contributed by atoms with Crippen molar-refractivity contribution in [2.24, 2.45) is 5.73 Å². The number of nitrogens with two attached hydrogens (primary N) is 1. The van der Waals surface area contributed by atoms with Crippen molar-refractivity contribution >= 4 is 29.2 Å². The summed E-state index contributed by atoms with van der Waals surface area (Å²) in [7, 11) is 0. The number of amides is 4. The van der Waals surface area contributed by atoms with Crippen LogP contribution in [0.3, 0.4) is 0 Å².